The van der Waals surface area contributed by atoms with E-state index in [1.54, 1.807) is 6.07 Å². The minimum Gasteiger partial charge on any atom is -0.315 e. The van der Waals surface area contributed by atoms with Crippen LogP contribution < -0.4 is 10.6 Å². The van der Waals surface area contributed by atoms with Crippen LogP contribution in [-0.2, 0) is 4.79 Å². The molecule has 1 aromatic heterocycles. The molecule has 1 aliphatic rings. The first kappa shape index (κ1) is 12.1. The van der Waals surface area contributed by atoms with E-state index in [4.69, 9.17) is 5.26 Å². The van der Waals surface area contributed by atoms with Gasteiger partial charge in [-0.25, -0.2) is 0 Å². The number of anilines is 1. The van der Waals surface area contributed by atoms with Gasteiger partial charge in [-0.15, -0.1) is 11.3 Å². The molecule has 0 bridgehead atoms. The van der Waals surface area contributed by atoms with E-state index in [1.165, 1.54) is 17.8 Å². The van der Waals surface area contributed by atoms with Crippen molar-refractivity contribution >= 4 is 22.2 Å². The van der Waals surface area contributed by atoms with Gasteiger partial charge in [0.1, 0.15) is 11.1 Å². The highest BCUT2D eigenvalue weighted by Crippen LogP contribution is 2.22. The van der Waals surface area contributed by atoms with Crippen LogP contribution in [0.4, 0.5) is 5.00 Å². The largest absolute Gasteiger partial charge is 0.315 e. The first-order valence-corrected chi connectivity index (χ1v) is 6.71. The molecule has 1 saturated heterocycles. The summed E-state index contributed by atoms with van der Waals surface area (Å²) in [5, 5.41) is 17.4. The van der Waals surface area contributed by atoms with Crippen molar-refractivity contribution in [2.75, 3.05) is 11.9 Å². The number of thiophene rings is 1. The smallest absolute Gasteiger partial charge is 0.242 e. The average Bonchev–Trinajstić information content (AvgIpc) is 2.62. The molecule has 0 saturated carbocycles. The molecule has 2 heterocycles. The van der Waals surface area contributed by atoms with Gasteiger partial charge in [-0.3, -0.25) is 4.79 Å². The molecule has 1 aromatic rings. The zero-order valence-electron chi connectivity index (χ0n) is 9.53. The van der Waals surface area contributed by atoms with Gasteiger partial charge in [0.2, 0.25) is 5.91 Å². The second-order valence-corrected chi connectivity index (χ2v) is 5.04. The molecular weight excluding hydrogens is 234 g/mol. The fourth-order valence-corrected chi connectivity index (χ4v) is 2.69. The van der Waals surface area contributed by atoms with Gasteiger partial charge < -0.3 is 10.6 Å². The second-order valence-electron chi connectivity index (χ2n) is 4.12. The van der Waals surface area contributed by atoms with E-state index < -0.39 is 0 Å². The lowest BCUT2D eigenvalue weighted by Crippen LogP contribution is -2.39. The fourth-order valence-electron chi connectivity index (χ4n) is 1.95. The Morgan fingerprint density at radius 2 is 2.41 bits per heavy atom. The topological polar surface area (TPSA) is 64.9 Å². The van der Waals surface area contributed by atoms with Crippen LogP contribution in [0.5, 0.6) is 0 Å². The Labute approximate surface area is 105 Å². The van der Waals surface area contributed by atoms with Gasteiger partial charge in [-0.1, -0.05) is 12.8 Å². The molecule has 90 valence electrons. The Morgan fingerprint density at radius 1 is 1.53 bits per heavy atom. The molecule has 2 rings (SSSR count). The highest BCUT2D eigenvalue weighted by molar-refractivity contribution is 7.14. The molecule has 0 radical (unpaired) electrons. The van der Waals surface area contributed by atoms with Crippen LogP contribution in [0.3, 0.4) is 0 Å². The number of rotatable bonds is 2. The number of nitrogens with one attached hydrogen (secondary N) is 2. The van der Waals surface area contributed by atoms with Crippen molar-refractivity contribution < 1.29 is 4.79 Å². The standard InChI is InChI=1S/C12H15N3OS/c13-8-9-5-7-17-12(9)15-11(16)10-4-2-1-3-6-14-10/h5,7,10,14H,1-4,6H2,(H,15,16). The number of carbonyl (C=O) groups is 1. The van der Waals surface area contributed by atoms with Gasteiger partial charge in [0.05, 0.1) is 11.6 Å². The molecule has 1 aliphatic heterocycles. The second kappa shape index (κ2) is 5.80. The highest BCUT2D eigenvalue weighted by atomic mass is 32.1. The Balaban J connectivity index is 1.98. The van der Waals surface area contributed by atoms with E-state index in [9.17, 15) is 4.79 Å². The van der Waals surface area contributed by atoms with Crippen molar-refractivity contribution in [1.82, 2.24) is 5.32 Å². The minimum absolute atomic E-state index is 0.0224. The molecule has 2 N–H and O–H groups in total. The van der Waals surface area contributed by atoms with Crippen LogP contribution in [0.15, 0.2) is 11.4 Å². The Morgan fingerprint density at radius 3 is 3.24 bits per heavy atom. The van der Waals surface area contributed by atoms with Gasteiger partial charge in [0, 0.05) is 0 Å². The van der Waals surface area contributed by atoms with Crippen LogP contribution in [0.25, 0.3) is 0 Å². The van der Waals surface area contributed by atoms with Gasteiger partial charge in [0.15, 0.2) is 0 Å². The molecule has 5 heteroatoms. The van der Waals surface area contributed by atoms with Crippen LogP contribution in [0.1, 0.15) is 31.2 Å². The minimum atomic E-state index is -0.119. The summed E-state index contributed by atoms with van der Waals surface area (Å²) in [6.45, 7) is 0.896. The lowest BCUT2D eigenvalue weighted by Gasteiger charge is -2.14. The molecule has 17 heavy (non-hydrogen) atoms. The van der Waals surface area contributed by atoms with Crippen molar-refractivity contribution in [2.45, 2.75) is 31.7 Å². The lowest BCUT2D eigenvalue weighted by atomic mass is 10.1. The number of nitriles is 1. The third-order valence-corrected chi connectivity index (χ3v) is 3.73. The fraction of sp³-hybridized carbons (Fsp3) is 0.500. The van der Waals surface area contributed by atoms with Gasteiger partial charge in [-0.05, 0) is 30.8 Å². The van der Waals surface area contributed by atoms with Crippen LogP contribution in [0, 0.1) is 11.3 Å². The number of hydrogen-bond donors (Lipinski definition) is 2. The monoisotopic (exact) mass is 249 g/mol. The van der Waals surface area contributed by atoms with Crippen molar-refractivity contribution in [1.29, 1.82) is 5.26 Å². The summed E-state index contributed by atoms with van der Waals surface area (Å²) in [5.74, 6) is -0.0224. The van der Waals surface area contributed by atoms with E-state index in [-0.39, 0.29) is 11.9 Å². The first-order chi connectivity index (χ1) is 8.31. The normalized spacial score (nSPS) is 20.3. The first-order valence-electron chi connectivity index (χ1n) is 5.83. The Hall–Kier alpha value is -1.38. The Kier molecular flexibility index (Phi) is 4.13. The van der Waals surface area contributed by atoms with Crippen molar-refractivity contribution in [3.8, 4) is 6.07 Å². The number of amides is 1. The maximum Gasteiger partial charge on any atom is 0.242 e. The van der Waals surface area contributed by atoms with E-state index in [1.807, 2.05) is 5.38 Å². The molecule has 1 fully saturated rings. The maximum absolute atomic E-state index is 12.0. The van der Waals surface area contributed by atoms with E-state index in [0.717, 1.165) is 25.8 Å². The van der Waals surface area contributed by atoms with Crippen LogP contribution in [-0.4, -0.2) is 18.5 Å². The Bertz CT molecular complexity index is 427. The summed E-state index contributed by atoms with van der Waals surface area (Å²) in [5.41, 5.74) is 0.539. The van der Waals surface area contributed by atoms with Crippen molar-refractivity contribution in [3.63, 3.8) is 0 Å². The van der Waals surface area contributed by atoms with Crippen LogP contribution in [0.2, 0.25) is 0 Å². The number of nitrogens with zero attached hydrogens (tertiary/aromatic N) is 1. The summed E-state index contributed by atoms with van der Waals surface area (Å²) in [4.78, 5) is 12.0. The SMILES string of the molecule is N#Cc1ccsc1NC(=O)C1CCCCCN1. The van der Waals surface area contributed by atoms with Crippen molar-refractivity contribution in [2.24, 2.45) is 0 Å². The van der Waals surface area contributed by atoms with Crippen LogP contribution >= 0.6 is 11.3 Å². The summed E-state index contributed by atoms with van der Waals surface area (Å²) in [7, 11) is 0. The third-order valence-electron chi connectivity index (χ3n) is 2.90. The molecule has 0 aliphatic carbocycles. The number of hydrogen-bond acceptors (Lipinski definition) is 4. The summed E-state index contributed by atoms with van der Waals surface area (Å²) < 4.78 is 0. The zero-order chi connectivity index (χ0) is 12.1. The summed E-state index contributed by atoms with van der Waals surface area (Å²) in [6.07, 6.45) is 4.27. The average molecular weight is 249 g/mol. The van der Waals surface area contributed by atoms with Gasteiger partial charge in [-0.2, -0.15) is 5.26 Å². The van der Waals surface area contributed by atoms with E-state index in [2.05, 4.69) is 16.7 Å². The van der Waals surface area contributed by atoms with E-state index >= 15 is 0 Å². The zero-order valence-corrected chi connectivity index (χ0v) is 10.3. The summed E-state index contributed by atoms with van der Waals surface area (Å²) >= 11 is 1.39. The molecular formula is C12H15N3OS. The quantitative estimate of drug-likeness (QED) is 0.843. The molecule has 4 nitrogen and oxygen atoms in total. The van der Waals surface area contributed by atoms with Crippen molar-refractivity contribution in [3.05, 3.63) is 17.0 Å². The molecule has 1 atom stereocenters. The third kappa shape index (κ3) is 3.05. The maximum atomic E-state index is 12.0. The summed E-state index contributed by atoms with van der Waals surface area (Å²) in [6, 6.07) is 3.68. The predicted molar refractivity (Wildman–Crippen MR) is 67.9 cm³/mol. The van der Waals surface area contributed by atoms with Gasteiger partial charge in [0.25, 0.3) is 0 Å². The van der Waals surface area contributed by atoms with E-state index in [0.29, 0.717) is 10.6 Å². The molecule has 0 spiro atoms. The molecule has 1 amide bonds. The molecule has 0 aromatic carbocycles. The lowest BCUT2D eigenvalue weighted by molar-refractivity contribution is -0.118. The van der Waals surface area contributed by atoms with Gasteiger partial charge >= 0.3 is 0 Å². The molecule has 1 unspecified atom stereocenters. The highest BCUT2D eigenvalue weighted by Gasteiger charge is 2.20. The number of carbonyl (C=O) groups excluding carboxylic acids is 1. The predicted octanol–water partition coefficient (Wildman–Crippen LogP) is 2.09.